The molecule has 5 N–H and O–H groups in total. The molecular weight excluding hydrogens is 314 g/mol. The summed E-state index contributed by atoms with van der Waals surface area (Å²) in [7, 11) is 0. The van der Waals surface area contributed by atoms with Gasteiger partial charge in [0.1, 0.15) is 0 Å². The Bertz CT molecular complexity index is 864. The van der Waals surface area contributed by atoms with Gasteiger partial charge in [0, 0.05) is 12.1 Å². The van der Waals surface area contributed by atoms with Crippen molar-refractivity contribution in [3.05, 3.63) is 29.3 Å². The average molecular weight is 337 g/mol. The van der Waals surface area contributed by atoms with E-state index in [0.29, 0.717) is 23.2 Å². The van der Waals surface area contributed by atoms with Gasteiger partial charge in [0.25, 0.3) is 0 Å². The molecule has 25 heavy (non-hydrogen) atoms. The van der Waals surface area contributed by atoms with Gasteiger partial charge in [0.05, 0.1) is 0 Å². The number of likely N-dealkylation sites (tertiary alicyclic amines) is 1. The van der Waals surface area contributed by atoms with Gasteiger partial charge in [-0.3, -0.25) is 4.90 Å². The lowest BCUT2D eigenvalue weighted by Crippen LogP contribution is -2.29. The summed E-state index contributed by atoms with van der Waals surface area (Å²) in [6, 6.07) is 6.48. The Morgan fingerprint density at radius 1 is 1.08 bits per heavy atom. The molecule has 7 nitrogen and oxygen atoms in total. The lowest BCUT2D eigenvalue weighted by atomic mass is 10.0. The fourth-order valence-electron chi connectivity index (χ4n) is 3.51. The van der Waals surface area contributed by atoms with Crippen LogP contribution in [0.2, 0.25) is 0 Å². The summed E-state index contributed by atoms with van der Waals surface area (Å²) in [5, 5.41) is 0. The van der Waals surface area contributed by atoms with E-state index in [9.17, 15) is 0 Å². The topological polar surface area (TPSA) is 110 Å². The molecule has 4 rings (SSSR count). The first-order valence-corrected chi connectivity index (χ1v) is 8.71. The first kappa shape index (κ1) is 15.8. The molecule has 0 atom stereocenters. The van der Waals surface area contributed by atoms with Crippen LogP contribution < -0.4 is 11.5 Å². The van der Waals surface area contributed by atoms with Crippen molar-refractivity contribution in [1.82, 2.24) is 24.8 Å². The van der Waals surface area contributed by atoms with E-state index >= 15 is 0 Å². The smallest absolute Gasteiger partial charge is 0.201 e. The number of nitrogens with zero attached hydrogens (tertiary/aromatic N) is 4. The quantitative estimate of drug-likeness (QED) is 0.677. The first-order valence-electron chi connectivity index (χ1n) is 8.71. The molecule has 3 aliphatic rings. The number of fused-ring (bicyclic) bond motifs is 1. The number of hydrogen-bond acceptors (Lipinski definition) is 6. The Balaban J connectivity index is 1.63. The van der Waals surface area contributed by atoms with Gasteiger partial charge in [-0.1, -0.05) is 24.6 Å². The molecule has 0 unspecified atom stereocenters. The molecule has 3 heterocycles. The summed E-state index contributed by atoms with van der Waals surface area (Å²) in [5.41, 5.74) is 15.6. The number of piperidine rings is 1. The van der Waals surface area contributed by atoms with E-state index in [0.717, 1.165) is 17.7 Å². The van der Waals surface area contributed by atoms with Crippen LogP contribution in [-0.2, 0) is 6.54 Å². The molecule has 1 saturated heterocycles. The number of benzene rings is 1. The third-order valence-electron chi connectivity index (χ3n) is 4.78. The lowest BCUT2D eigenvalue weighted by Gasteiger charge is -2.26. The van der Waals surface area contributed by atoms with Crippen molar-refractivity contribution in [2.45, 2.75) is 32.7 Å². The molecule has 0 aromatic heterocycles. The highest BCUT2D eigenvalue weighted by Crippen LogP contribution is 2.29. The Kier molecular flexibility index (Phi) is 4.01. The van der Waals surface area contributed by atoms with Crippen LogP contribution >= 0.6 is 0 Å². The van der Waals surface area contributed by atoms with E-state index < -0.39 is 0 Å². The van der Waals surface area contributed by atoms with E-state index in [-0.39, 0.29) is 5.95 Å². The average Bonchev–Trinajstić information content (AvgIpc) is 3.00. The van der Waals surface area contributed by atoms with Crippen LogP contribution in [0.5, 0.6) is 0 Å². The Hall–Kier alpha value is -2.67. The molecule has 7 heteroatoms. The van der Waals surface area contributed by atoms with E-state index in [1.165, 1.54) is 37.9 Å². The van der Waals surface area contributed by atoms with E-state index in [1.54, 1.807) is 0 Å². The fraction of sp³-hybridized carbons (Fsp3) is 0.389. The van der Waals surface area contributed by atoms with Crippen LogP contribution in [0.15, 0.2) is 18.2 Å². The largest absolute Gasteiger partial charge is 0.382 e. The molecule has 0 aliphatic carbocycles. The minimum atomic E-state index is 0.241. The molecular formula is C18H23N7. The molecule has 1 aromatic rings. The number of imidazole rings is 1. The summed E-state index contributed by atoms with van der Waals surface area (Å²) >= 11 is 0. The Labute approximate surface area is 146 Å². The zero-order valence-corrected chi connectivity index (χ0v) is 14.4. The van der Waals surface area contributed by atoms with Gasteiger partial charge in [0.2, 0.25) is 5.95 Å². The van der Waals surface area contributed by atoms with E-state index in [4.69, 9.17) is 11.5 Å². The molecule has 0 saturated carbocycles. The zero-order valence-electron chi connectivity index (χ0n) is 14.4. The van der Waals surface area contributed by atoms with Crippen molar-refractivity contribution in [3.8, 4) is 22.9 Å². The number of rotatable bonds is 3. The van der Waals surface area contributed by atoms with Gasteiger partial charge in [-0.05, 0) is 44.0 Å². The Morgan fingerprint density at radius 3 is 2.64 bits per heavy atom. The molecule has 3 aliphatic heterocycles. The van der Waals surface area contributed by atoms with Gasteiger partial charge < -0.3 is 16.5 Å². The van der Waals surface area contributed by atoms with E-state index in [2.05, 4.69) is 50.0 Å². The van der Waals surface area contributed by atoms with Crippen LogP contribution in [0.3, 0.4) is 0 Å². The summed E-state index contributed by atoms with van der Waals surface area (Å²) in [4.78, 5) is 18.5. The molecule has 130 valence electrons. The summed E-state index contributed by atoms with van der Waals surface area (Å²) in [6.45, 7) is 5.49. The summed E-state index contributed by atoms with van der Waals surface area (Å²) < 4.78 is 0. The number of aromatic amines is 1. The molecule has 0 amide bonds. The van der Waals surface area contributed by atoms with Crippen LogP contribution in [-0.4, -0.2) is 37.9 Å². The standard InChI is InChI=1S/C18H23N7/c1-11-9-12(10-25-7-3-2-4-8-25)5-6-13(11)16-21-14-15(19)22-18(20)24-17(14)23-16/h5-6,9H,2-4,7-8,10H2,1H3,(H5,19,20,21,22,23,24). The fourth-order valence-corrected chi connectivity index (χ4v) is 3.51. The predicted octanol–water partition coefficient (Wildman–Crippen LogP) is 2.43. The molecule has 1 fully saturated rings. The SMILES string of the molecule is Cc1cc(CN2CCCCC2)ccc1-c1nc2[nH]c(N)nc(N)c-2n1. The zero-order chi connectivity index (χ0) is 17.4. The van der Waals surface area contributed by atoms with Crippen LogP contribution in [0.4, 0.5) is 11.8 Å². The highest BCUT2D eigenvalue weighted by molar-refractivity contribution is 5.73. The maximum absolute atomic E-state index is 5.90. The van der Waals surface area contributed by atoms with Crippen molar-refractivity contribution in [1.29, 1.82) is 0 Å². The molecule has 1 aromatic carbocycles. The minimum absolute atomic E-state index is 0.241. The van der Waals surface area contributed by atoms with Gasteiger partial charge in [-0.2, -0.15) is 4.98 Å². The van der Waals surface area contributed by atoms with Gasteiger partial charge >= 0.3 is 0 Å². The number of H-pyrrole nitrogens is 1. The summed E-state index contributed by atoms with van der Waals surface area (Å²) in [6.07, 6.45) is 3.97. The van der Waals surface area contributed by atoms with Crippen LogP contribution in [0.1, 0.15) is 30.4 Å². The van der Waals surface area contributed by atoms with Crippen molar-refractivity contribution in [2.75, 3.05) is 24.6 Å². The number of anilines is 2. The number of aromatic nitrogens is 4. The van der Waals surface area contributed by atoms with Gasteiger partial charge in [0.15, 0.2) is 23.2 Å². The lowest BCUT2D eigenvalue weighted by molar-refractivity contribution is 0.221. The maximum atomic E-state index is 5.90. The highest BCUT2D eigenvalue weighted by atomic mass is 15.1. The van der Waals surface area contributed by atoms with Gasteiger partial charge in [-0.25, -0.2) is 9.97 Å². The second-order valence-electron chi connectivity index (χ2n) is 6.74. The number of nitrogen functional groups attached to an aromatic ring is 2. The number of aryl methyl sites for hydroxylation is 1. The second-order valence-corrected chi connectivity index (χ2v) is 6.74. The first-order chi connectivity index (χ1) is 12.1. The normalized spacial score (nSPS) is 15.7. The molecule has 0 bridgehead atoms. The molecule has 0 radical (unpaired) electrons. The number of nitrogens with one attached hydrogen (secondary N) is 1. The van der Waals surface area contributed by atoms with Crippen LogP contribution in [0.25, 0.3) is 22.9 Å². The maximum Gasteiger partial charge on any atom is 0.201 e. The number of hydrogen-bond donors (Lipinski definition) is 3. The van der Waals surface area contributed by atoms with Crippen molar-refractivity contribution >= 4 is 11.8 Å². The second kappa shape index (κ2) is 6.33. The van der Waals surface area contributed by atoms with Crippen molar-refractivity contribution in [3.63, 3.8) is 0 Å². The molecule has 0 spiro atoms. The summed E-state index contributed by atoms with van der Waals surface area (Å²) in [5.74, 6) is 1.75. The van der Waals surface area contributed by atoms with Crippen molar-refractivity contribution < 1.29 is 0 Å². The van der Waals surface area contributed by atoms with Gasteiger partial charge in [-0.15, -0.1) is 0 Å². The minimum Gasteiger partial charge on any atom is -0.382 e. The van der Waals surface area contributed by atoms with E-state index in [1.807, 2.05) is 0 Å². The van der Waals surface area contributed by atoms with Crippen LogP contribution in [0, 0.1) is 6.92 Å². The third-order valence-corrected chi connectivity index (χ3v) is 4.78. The highest BCUT2D eigenvalue weighted by Gasteiger charge is 2.19. The number of nitrogens with two attached hydrogens (primary N) is 2. The monoisotopic (exact) mass is 337 g/mol. The third kappa shape index (κ3) is 3.15. The van der Waals surface area contributed by atoms with Crippen molar-refractivity contribution in [2.24, 2.45) is 0 Å². The Morgan fingerprint density at radius 2 is 1.88 bits per heavy atom. The predicted molar refractivity (Wildman–Crippen MR) is 98.9 cm³/mol.